The summed E-state index contributed by atoms with van der Waals surface area (Å²) < 4.78 is 0. The van der Waals surface area contributed by atoms with Crippen molar-refractivity contribution in [1.29, 1.82) is 0 Å². The maximum absolute atomic E-state index is 3.30. The molecular formula is C6H11N. The lowest BCUT2D eigenvalue weighted by Crippen LogP contribution is -2.09. The van der Waals surface area contributed by atoms with E-state index in [2.05, 4.69) is 12.4 Å². The Balaban J connectivity index is 1.95. The third-order valence-electron chi connectivity index (χ3n) is 2.50. The van der Waals surface area contributed by atoms with Crippen LogP contribution >= 0.6 is 0 Å². The first-order valence-electron chi connectivity index (χ1n) is 3.11. The monoisotopic (exact) mass is 97.1 g/mol. The average Bonchev–Trinajstić information content (AvgIpc) is 2.07. The summed E-state index contributed by atoms with van der Waals surface area (Å²) in [6, 6.07) is 0.931. The van der Waals surface area contributed by atoms with Gasteiger partial charge in [-0.05, 0) is 31.7 Å². The Kier molecular flexibility index (Phi) is 0.571. The van der Waals surface area contributed by atoms with Crippen molar-refractivity contribution in [2.24, 2.45) is 11.8 Å². The van der Waals surface area contributed by atoms with Crippen LogP contribution in [0.1, 0.15) is 12.8 Å². The molecule has 1 heteroatoms. The lowest BCUT2D eigenvalue weighted by Gasteiger charge is -2.03. The predicted molar refractivity (Wildman–Crippen MR) is 29.1 cm³/mol. The second kappa shape index (κ2) is 1.03. The molecule has 40 valence electrons. The molecule has 0 radical (unpaired) electrons. The maximum atomic E-state index is 3.30. The van der Waals surface area contributed by atoms with Gasteiger partial charge in [0.2, 0.25) is 0 Å². The van der Waals surface area contributed by atoms with Crippen molar-refractivity contribution in [3.63, 3.8) is 0 Å². The highest BCUT2D eigenvalue weighted by Gasteiger charge is 2.55. The van der Waals surface area contributed by atoms with Crippen LogP contribution in [0.5, 0.6) is 0 Å². The molecular weight excluding hydrogens is 86.1 g/mol. The third kappa shape index (κ3) is 0.325. The molecule has 2 aliphatic rings. The molecule has 0 aromatic heterocycles. The lowest BCUT2D eigenvalue weighted by molar-refractivity contribution is 0.468. The zero-order valence-corrected chi connectivity index (χ0v) is 4.65. The van der Waals surface area contributed by atoms with Crippen LogP contribution < -0.4 is 5.32 Å². The van der Waals surface area contributed by atoms with Crippen LogP contribution in [0.2, 0.25) is 0 Å². The minimum Gasteiger partial charge on any atom is -0.316 e. The van der Waals surface area contributed by atoms with E-state index in [1.54, 1.807) is 0 Å². The van der Waals surface area contributed by atoms with E-state index in [0.717, 1.165) is 17.9 Å². The number of hydrogen-bond donors (Lipinski definition) is 1. The van der Waals surface area contributed by atoms with Gasteiger partial charge >= 0.3 is 0 Å². The topological polar surface area (TPSA) is 12.0 Å². The number of hydrogen-bond acceptors (Lipinski definition) is 1. The third-order valence-corrected chi connectivity index (χ3v) is 2.50. The molecule has 2 fully saturated rings. The van der Waals surface area contributed by atoms with Crippen molar-refractivity contribution < 1.29 is 0 Å². The van der Waals surface area contributed by atoms with Crippen molar-refractivity contribution in [3.05, 3.63) is 0 Å². The van der Waals surface area contributed by atoms with Crippen LogP contribution in [0.25, 0.3) is 0 Å². The van der Waals surface area contributed by atoms with Gasteiger partial charge < -0.3 is 5.32 Å². The van der Waals surface area contributed by atoms with Gasteiger partial charge in [-0.1, -0.05) is 0 Å². The van der Waals surface area contributed by atoms with Gasteiger partial charge in [-0.2, -0.15) is 0 Å². The lowest BCUT2D eigenvalue weighted by atomic mass is 10.0. The normalized spacial score (nSPS) is 55.3. The molecule has 0 spiro atoms. The Morgan fingerprint density at radius 1 is 1.29 bits per heavy atom. The van der Waals surface area contributed by atoms with Crippen LogP contribution in [-0.4, -0.2) is 13.1 Å². The van der Waals surface area contributed by atoms with Gasteiger partial charge in [0.15, 0.2) is 0 Å². The van der Waals surface area contributed by atoms with E-state index in [1.807, 2.05) is 0 Å². The van der Waals surface area contributed by atoms with E-state index in [1.165, 1.54) is 12.8 Å². The van der Waals surface area contributed by atoms with Crippen molar-refractivity contribution in [3.8, 4) is 0 Å². The summed E-state index contributed by atoms with van der Waals surface area (Å²) in [4.78, 5) is 0. The minimum absolute atomic E-state index is 0.931. The second-order valence-corrected chi connectivity index (χ2v) is 2.72. The summed E-state index contributed by atoms with van der Waals surface area (Å²) in [5.41, 5.74) is 0. The Hall–Kier alpha value is -0.0400. The van der Waals surface area contributed by atoms with Gasteiger partial charge in [0, 0.05) is 6.04 Å². The first-order valence-corrected chi connectivity index (χ1v) is 3.11. The SMILES string of the molecule is CNC1C2CCC21. The largest absolute Gasteiger partial charge is 0.316 e. The smallest absolute Gasteiger partial charge is 0.0127 e. The molecule has 0 heterocycles. The Labute approximate surface area is 44.1 Å². The van der Waals surface area contributed by atoms with E-state index >= 15 is 0 Å². The first kappa shape index (κ1) is 3.90. The summed E-state index contributed by atoms with van der Waals surface area (Å²) in [5.74, 6) is 2.20. The van der Waals surface area contributed by atoms with Crippen LogP contribution in [0.4, 0.5) is 0 Å². The van der Waals surface area contributed by atoms with Crippen LogP contribution in [-0.2, 0) is 0 Å². The fourth-order valence-electron chi connectivity index (χ4n) is 1.78. The zero-order chi connectivity index (χ0) is 4.85. The molecule has 1 N–H and O–H groups in total. The van der Waals surface area contributed by atoms with Crippen molar-refractivity contribution >= 4 is 0 Å². The highest BCUT2D eigenvalue weighted by Crippen LogP contribution is 2.55. The van der Waals surface area contributed by atoms with Crippen LogP contribution in [0.15, 0.2) is 0 Å². The quantitative estimate of drug-likeness (QED) is 0.505. The summed E-state index contributed by atoms with van der Waals surface area (Å²) in [5, 5.41) is 3.30. The van der Waals surface area contributed by atoms with E-state index in [9.17, 15) is 0 Å². The van der Waals surface area contributed by atoms with Gasteiger partial charge in [0.1, 0.15) is 0 Å². The Bertz CT molecular complexity index is 80.2. The van der Waals surface area contributed by atoms with E-state index in [0.29, 0.717) is 0 Å². The first-order chi connectivity index (χ1) is 3.43. The van der Waals surface area contributed by atoms with Gasteiger partial charge in [-0.25, -0.2) is 0 Å². The summed E-state index contributed by atoms with van der Waals surface area (Å²) in [7, 11) is 2.07. The number of nitrogens with one attached hydrogen (secondary N) is 1. The Morgan fingerprint density at radius 3 is 2.00 bits per heavy atom. The number of rotatable bonds is 1. The van der Waals surface area contributed by atoms with E-state index < -0.39 is 0 Å². The molecule has 0 aliphatic heterocycles. The molecule has 1 nitrogen and oxygen atoms in total. The van der Waals surface area contributed by atoms with Gasteiger partial charge in [0.05, 0.1) is 0 Å². The molecule has 2 atom stereocenters. The standard InChI is InChI=1S/C6H11N/c1-7-6-4-2-3-5(4)6/h4-7H,2-3H2,1H3. The van der Waals surface area contributed by atoms with E-state index in [4.69, 9.17) is 0 Å². The zero-order valence-electron chi connectivity index (χ0n) is 4.65. The minimum atomic E-state index is 0.931. The molecule has 2 aliphatic carbocycles. The van der Waals surface area contributed by atoms with Gasteiger partial charge in [-0.3, -0.25) is 0 Å². The summed E-state index contributed by atoms with van der Waals surface area (Å²) in [6.45, 7) is 0. The van der Waals surface area contributed by atoms with Crippen molar-refractivity contribution in [1.82, 2.24) is 5.32 Å². The molecule has 7 heavy (non-hydrogen) atoms. The highest BCUT2D eigenvalue weighted by molar-refractivity contribution is 5.09. The highest BCUT2D eigenvalue weighted by atomic mass is 15.0. The second-order valence-electron chi connectivity index (χ2n) is 2.72. The molecule has 0 bridgehead atoms. The molecule has 2 rings (SSSR count). The average molecular weight is 97.2 g/mol. The van der Waals surface area contributed by atoms with Gasteiger partial charge in [0.25, 0.3) is 0 Å². The Morgan fingerprint density at radius 2 is 1.86 bits per heavy atom. The summed E-state index contributed by atoms with van der Waals surface area (Å²) >= 11 is 0. The molecule has 0 aromatic rings. The predicted octanol–water partition coefficient (Wildman–Crippen LogP) is 0.614. The fraction of sp³-hybridized carbons (Fsp3) is 1.00. The van der Waals surface area contributed by atoms with Crippen LogP contribution in [0.3, 0.4) is 0 Å². The maximum Gasteiger partial charge on any atom is 0.0127 e. The molecule has 0 saturated heterocycles. The van der Waals surface area contributed by atoms with Crippen molar-refractivity contribution in [2.75, 3.05) is 7.05 Å². The van der Waals surface area contributed by atoms with E-state index in [-0.39, 0.29) is 0 Å². The fourth-order valence-corrected chi connectivity index (χ4v) is 1.78. The molecule has 0 amide bonds. The summed E-state index contributed by atoms with van der Waals surface area (Å²) in [6.07, 6.45) is 2.99. The number of fused-ring (bicyclic) bond motifs is 1. The van der Waals surface area contributed by atoms with Crippen LogP contribution in [0, 0.1) is 11.8 Å². The molecule has 2 unspecified atom stereocenters. The van der Waals surface area contributed by atoms with Crippen molar-refractivity contribution in [2.45, 2.75) is 18.9 Å². The molecule has 2 saturated carbocycles. The molecule has 0 aromatic carbocycles. The van der Waals surface area contributed by atoms with Gasteiger partial charge in [-0.15, -0.1) is 0 Å².